The van der Waals surface area contributed by atoms with E-state index in [1.54, 1.807) is 25.1 Å². The smallest absolute Gasteiger partial charge is 0.319 e. The molecule has 116 valence electrons. The average Bonchev–Trinajstić information content (AvgIpc) is 2.47. The molecule has 6 heteroatoms. The fraction of sp³-hybridized carbons (Fsp3) is 0.188. The van der Waals surface area contributed by atoms with Crippen molar-refractivity contribution in [2.24, 2.45) is 0 Å². The molecule has 0 aromatic heterocycles. The lowest BCUT2D eigenvalue weighted by molar-refractivity contribution is 0.139. The third kappa shape index (κ3) is 4.54. The molecule has 0 aliphatic rings. The molecule has 0 saturated heterocycles. The number of amides is 2. The first kappa shape index (κ1) is 16.5. The van der Waals surface area contributed by atoms with Crippen LogP contribution in [0.4, 0.5) is 14.9 Å². The molecule has 2 unspecified atom stereocenters. The number of hydrogen-bond donors (Lipinski definition) is 3. The minimum atomic E-state index is -0.841. The Hall–Kier alpha value is -1.92. The molecule has 0 fully saturated rings. The highest BCUT2D eigenvalue weighted by molar-refractivity contribution is 9.10. The summed E-state index contributed by atoms with van der Waals surface area (Å²) in [6.07, 6.45) is -0.841. The number of urea groups is 1. The highest BCUT2D eigenvalue weighted by atomic mass is 79.9. The van der Waals surface area contributed by atoms with Gasteiger partial charge in [-0.15, -0.1) is 0 Å². The Kier molecular flexibility index (Phi) is 5.51. The SMILES string of the molecule is CC(NC(=O)Nc1cccc(F)c1)C(O)c1ccc(Br)cc1. The van der Waals surface area contributed by atoms with Gasteiger partial charge >= 0.3 is 6.03 Å². The predicted molar refractivity (Wildman–Crippen MR) is 87.1 cm³/mol. The van der Waals surface area contributed by atoms with Crippen LogP contribution in [-0.4, -0.2) is 17.2 Å². The number of aliphatic hydroxyl groups excluding tert-OH is 1. The molecule has 0 bridgehead atoms. The van der Waals surface area contributed by atoms with Gasteiger partial charge in [-0.2, -0.15) is 0 Å². The Labute approximate surface area is 136 Å². The maximum Gasteiger partial charge on any atom is 0.319 e. The highest BCUT2D eigenvalue weighted by Crippen LogP contribution is 2.19. The van der Waals surface area contributed by atoms with Crippen molar-refractivity contribution in [3.05, 3.63) is 64.4 Å². The second-order valence-electron chi connectivity index (χ2n) is 4.89. The van der Waals surface area contributed by atoms with Crippen molar-refractivity contribution in [3.8, 4) is 0 Å². The van der Waals surface area contributed by atoms with Gasteiger partial charge in [0.2, 0.25) is 0 Å². The van der Waals surface area contributed by atoms with Crippen LogP contribution in [0.3, 0.4) is 0 Å². The van der Waals surface area contributed by atoms with Crippen molar-refractivity contribution in [3.63, 3.8) is 0 Å². The molecule has 4 nitrogen and oxygen atoms in total. The van der Waals surface area contributed by atoms with Gasteiger partial charge in [-0.1, -0.05) is 34.1 Å². The molecular weight excluding hydrogens is 351 g/mol. The molecule has 2 aromatic rings. The second kappa shape index (κ2) is 7.38. The molecule has 2 amide bonds. The van der Waals surface area contributed by atoms with Crippen molar-refractivity contribution < 1.29 is 14.3 Å². The summed E-state index contributed by atoms with van der Waals surface area (Å²) >= 11 is 3.32. The van der Waals surface area contributed by atoms with E-state index in [1.807, 2.05) is 12.1 Å². The number of benzene rings is 2. The van der Waals surface area contributed by atoms with Gasteiger partial charge in [0.05, 0.1) is 12.1 Å². The summed E-state index contributed by atoms with van der Waals surface area (Å²) in [4.78, 5) is 11.9. The minimum Gasteiger partial charge on any atom is -0.386 e. The molecule has 2 atom stereocenters. The van der Waals surface area contributed by atoms with E-state index < -0.39 is 24.0 Å². The summed E-state index contributed by atoms with van der Waals surface area (Å²) in [6, 6.07) is 11.8. The van der Waals surface area contributed by atoms with Gasteiger partial charge < -0.3 is 15.7 Å². The summed E-state index contributed by atoms with van der Waals surface area (Å²) in [6.45, 7) is 1.69. The fourth-order valence-corrected chi connectivity index (χ4v) is 2.23. The topological polar surface area (TPSA) is 61.4 Å². The molecular formula is C16H16BrFN2O2. The monoisotopic (exact) mass is 366 g/mol. The number of nitrogens with one attached hydrogen (secondary N) is 2. The minimum absolute atomic E-state index is 0.350. The van der Waals surface area contributed by atoms with E-state index in [4.69, 9.17) is 0 Å². The van der Waals surface area contributed by atoms with Crippen molar-refractivity contribution in [1.82, 2.24) is 5.32 Å². The van der Waals surface area contributed by atoms with Crippen LogP contribution in [0.1, 0.15) is 18.6 Å². The summed E-state index contributed by atoms with van der Waals surface area (Å²) < 4.78 is 14.0. The molecule has 22 heavy (non-hydrogen) atoms. The van der Waals surface area contributed by atoms with E-state index in [9.17, 15) is 14.3 Å². The Morgan fingerprint density at radius 1 is 1.23 bits per heavy atom. The maximum absolute atomic E-state index is 13.0. The lowest BCUT2D eigenvalue weighted by Crippen LogP contribution is -2.39. The first-order valence-electron chi connectivity index (χ1n) is 6.72. The number of carbonyl (C=O) groups excluding carboxylic acids is 1. The number of carbonyl (C=O) groups is 1. The number of rotatable bonds is 4. The molecule has 0 saturated carbocycles. The maximum atomic E-state index is 13.0. The lowest BCUT2D eigenvalue weighted by Gasteiger charge is -2.21. The molecule has 2 rings (SSSR count). The zero-order valence-corrected chi connectivity index (χ0v) is 13.5. The van der Waals surface area contributed by atoms with Crippen LogP contribution in [-0.2, 0) is 0 Å². The Morgan fingerprint density at radius 2 is 1.91 bits per heavy atom. The van der Waals surface area contributed by atoms with Gasteiger partial charge in [0.15, 0.2) is 0 Å². The third-order valence-corrected chi connectivity index (χ3v) is 3.66. The molecule has 0 radical (unpaired) electrons. The van der Waals surface area contributed by atoms with E-state index in [0.29, 0.717) is 11.3 Å². The number of hydrogen-bond acceptors (Lipinski definition) is 2. The van der Waals surface area contributed by atoms with Crippen LogP contribution >= 0.6 is 15.9 Å². The van der Waals surface area contributed by atoms with Crippen LogP contribution in [0, 0.1) is 5.82 Å². The Bertz CT molecular complexity index is 649. The summed E-state index contributed by atoms with van der Waals surface area (Å²) in [7, 11) is 0. The molecule has 0 aliphatic carbocycles. The van der Waals surface area contributed by atoms with Crippen LogP contribution in [0.25, 0.3) is 0 Å². The summed E-state index contributed by atoms with van der Waals surface area (Å²) in [5.41, 5.74) is 1.05. The van der Waals surface area contributed by atoms with Gasteiger partial charge in [0.1, 0.15) is 5.82 Å². The normalized spacial score (nSPS) is 13.3. The lowest BCUT2D eigenvalue weighted by atomic mass is 10.0. The average molecular weight is 367 g/mol. The summed E-state index contributed by atoms with van der Waals surface area (Å²) in [5, 5.41) is 15.4. The number of aliphatic hydroxyl groups is 1. The van der Waals surface area contributed by atoms with Crippen LogP contribution in [0.2, 0.25) is 0 Å². The van der Waals surface area contributed by atoms with Crippen LogP contribution in [0.15, 0.2) is 53.0 Å². The van der Waals surface area contributed by atoms with E-state index in [-0.39, 0.29) is 0 Å². The first-order valence-corrected chi connectivity index (χ1v) is 7.51. The first-order chi connectivity index (χ1) is 10.5. The van der Waals surface area contributed by atoms with Crippen LogP contribution < -0.4 is 10.6 Å². The molecule has 0 heterocycles. The largest absolute Gasteiger partial charge is 0.386 e. The Balaban J connectivity index is 1.94. The van der Waals surface area contributed by atoms with Gasteiger partial charge in [-0.05, 0) is 42.8 Å². The Morgan fingerprint density at radius 3 is 2.55 bits per heavy atom. The fourth-order valence-electron chi connectivity index (χ4n) is 1.97. The van der Waals surface area contributed by atoms with Crippen LogP contribution in [0.5, 0.6) is 0 Å². The predicted octanol–water partition coefficient (Wildman–Crippen LogP) is 3.83. The van der Waals surface area contributed by atoms with Gasteiger partial charge in [0, 0.05) is 10.2 Å². The molecule has 3 N–H and O–H groups in total. The second-order valence-corrected chi connectivity index (χ2v) is 5.81. The zero-order chi connectivity index (χ0) is 16.1. The zero-order valence-electron chi connectivity index (χ0n) is 11.9. The van der Waals surface area contributed by atoms with E-state index in [1.165, 1.54) is 18.2 Å². The van der Waals surface area contributed by atoms with E-state index >= 15 is 0 Å². The summed E-state index contributed by atoms with van der Waals surface area (Å²) in [5.74, 6) is -0.430. The van der Waals surface area contributed by atoms with Gasteiger partial charge in [-0.3, -0.25) is 0 Å². The van der Waals surface area contributed by atoms with E-state index in [2.05, 4.69) is 26.6 Å². The number of anilines is 1. The molecule has 2 aromatic carbocycles. The van der Waals surface area contributed by atoms with Gasteiger partial charge in [0.25, 0.3) is 0 Å². The van der Waals surface area contributed by atoms with Crippen molar-refractivity contribution >= 4 is 27.6 Å². The van der Waals surface area contributed by atoms with E-state index in [0.717, 1.165) is 4.47 Å². The molecule has 0 aliphatic heterocycles. The van der Waals surface area contributed by atoms with Crippen molar-refractivity contribution in [1.29, 1.82) is 0 Å². The number of halogens is 2. The van der Waals surface area contributed by atoms with Crippen molar-refractivity contribution in [2.75, 3.05) is 5.32 Å². The quantitative estimate of drug-likeness (QED) is 0.769. The third-order valence-electron chi connectivity index (χ3n) is 3.13. The standard InChI is InChI=1S/C16H16BrFN2O2/c1-10(15(21)11-5-7-12(17)8-6-11)19-16(22)20-14-4-2-3-13(18)9-14/h2-10,15,21H,1H3,(H2,19,20,22). The molecule has 0 spiro atoms. The van der Waals surface area contributed by atoms with Gasteiger partial charge in [-0.25, -0.2) is 9.18 Å². The highest BCUT2D eigenvalue weighted by Gasteiger charge is 2.18. The van der Waals surface area contributed by atoms with Crippen molar-refractivity contribution in [2.45, 2.75) is 19.1 Å².